The zero-order chi connectivity index (χ0) is 20.4. The summed E-state index contributed by atoms with van der Waals surface area (Å²) in [6, 6.07) is 13.9. The van der Waals surface area contributed by atoms with Gasteiger partial charge in [0, 0.05) is 29.8 Å². The van der Waals surface area contributed by atoms with Crippen LogP contribution in [0, 0.1) is 0 Å². The smallest absolute Gasteiger partial charge is 0.336 e. The Balaban J connectivity index is 1.67. The Morgan fingerprint density at radius 1 is 1.17 bits per heavy atom. The van der Waals surface area contributed by atoms with Crippen LogP contribution in [0.5, 0.6) is 11.5 Å². The number of phenolic OH excluding ortho intramolecular Hbond substituents is 1. The highest BCUT2D eigenvalue weighted by molar-refractivity contribution is 7.98. The molecule has 0 aliphatic heterocycles. The Morgan fingerprint density at radius 2 is 2.00 bits per heavy atom. The van der Waals surface area contributed by atoms with Gasteiger partial charge in [-0.2, -0.15) is 0 Å². The molecule has 4 rings (SSSR count). The molecule has 148 valence electrons. The summed E-state index contributed by atoms with van der Waals surface area (Å²) in [5.74, 6) is 2.03. The largest absolute Gasteiger partial charge is 0.508 e. The number of thioether (sulfide) groups is 1. The lowest BCUT2D eigenvalue weighted by molar-refractivity contribution is 0.416. The molecule has 29 heavy (non-hydrogen) atoms. The number of hydrogen-bond donors (Lipinski definition) is 1. The predicted octanol–water partition coefficient (Wildman–Crippen LogP) is 4.08. The van der Waals surface area contributed by atoms with E-state index in [0.717, 1.165) is 33.2 Å². The van der Waals surface area contributed by atoms with Crippen LogP contribution in [0.25, 0.3) is 22.4 Å². The lowest BCUT2D eigenvalue weighted by atomic mass is 10.1. The van der Waals surface area contributed by atoms with Crippen molar-refractivity contribution in [2.45, 2.75) is 24.4 Å². The van der Waals surface area contributed by atoms with Gasteiger partial charge in [0.25, 0.3) is 0 Å². The van der Waals surface area contributed by atoms with Crippen molar-refractivity contribution in [3.8, 4) is 22.9 Å². The van der Waals surface area contributed by atoms with Crippen molar-refractivity contribution in [3.05, 3.63) is 64.5 Å². The number of para-hydroxylation sites is 1. The lowest BCUT2D eigenvalue weighted by Crippen LogP contribution is -2.02. The molecule has 0 fully saturated rings. The number of aromatic nitrogens is 3. The van der Waals surface area contributed by atoms with Gasteiger partial charge in [-0.05, 0) is 36.8 Å². The van der Waals surface area contributed by atoms with Gasteiger partial charge in [0.2, 0.25) is 0 Å². The van der Waals surface area contributed by atoms with E-state index in [1.165, 1.54) is 23.9 Å². The van der Waals surface area contributed by atoms with Gasteiger partial charge in [0.1, 0.15) is 17.1 Å². The van der Waals surface area contributed by atoms with E-state index in [2.05, 4.69) is 10.2 Å². The van der Waals surface area contributed by atoms with Crippen LogP contribution in [-0.4, -0.2) is 27.0 Å². The molecule has 0 atom stereocenters. The molecule has 2 aromatic heterocycles. The number of hydrogen-bond acceptors (Lipinski definition) is 7. The van der Waals surface area contributed by atoms with E-state index in [1.807, 2.05) is 35.8 Å². The zero-order valence-electron chi connectivity index (χ0n) is 16.0. The predicted molar refractivity (Wildman–Crippen MR) is 111 cm³/mol. The molecule has 1 N–H and O–H groups in total. The summed E-state index contributed by atoms with van der Waals surface area (Å²) in [4.78, 5) is 11.9. The molecular weight excluding hydrogens is 390 g/mol. The number of ether oxygens (including phenoxy) is 1. The standard InChI is InChI=1S/C21H19N3O4S/c1-3-24-20(16-6-4-5-7-17(16)27-2)22-23-21(24)29-12-13-10-19(26)28-18-11-14(25)8-9-15(13)18/h4-11,25H,3,12H2,1-2H3. The van der Waals surface area contributed by atoms with E-state index in [4.69, 9.17) is 9.15 Å². The van der Waals surface area contributed by atoms with Crippen LogP contribution in [0.2, 0.25) is 0 Å². The molecule has 0 spiro atoms. The van der Waals surface area contributed by atoms with Crippen molar-refractivity contribution in [1.82, 2.24) is 14.8 Å². The van der Waals surface area contributed by atoms with E-state index >= 15 is 0 Å². The molecule has 0 aliphatic rings. The van der Waals surface area contributed by atoms with Gasteiger partial charge in [-0.1, -0.05) is 23.9 Å². The van der Waals surface area contributed by atoms with Gasteiger partial charge in [0.15, 0.2) is 11.0 Å². The number of methoxy groups -OCH3 is 1. The van der Waals surface area contributed by atoms with Gasteiger partial charge >= 0.3 is 5.63 Å². The summed E-state index contributed by atoms with van der Waals surface area (Å²) in [7, 11) is 1.63. The van der Waals surface area contributed by atoms with Crippen LogP contribution >= 0.6 is 11.8 Å². The number of benzene rings is 2. The first-order valence-corrected chi connectivity index (χ1v) is 10.0. The first-order valence-electron chi connectivity index (χ1n) is 9.06. The molecule has 0 unspecified atom stereocenters. The first kappa shape index (κ1) is 19.1. The number of rotatable bonds is 6. The molecule has 7 nitrogen and oxygen atoms in total. The molecule has 0 saturated heterocycles. The van der Waals surface area contributed by atoms with E-state index in [9.17, 15) is 9.90 Å². The zero-order valence-corrected chi connectivity index (χ0v) is 16.8. The second-order valence-electron chi connectivity index (χ2n) is 6.31. The van der Waals surface area contributed by atoms with Gasteiger partial charge in [-0.15, -0.1) is 10.2 Å². The van der Waals surface area contributed by atoms with Crippen LogP contribution in [0.1, 0.15) is 12.5 Å². The first-order chi connectivity index (χ1) is 14.1. The van der Waals surface area contributed by atoms with E-state index in [1.54, 1.807) is 19.2 Å². The molecule has 0 bridgehead atoms. The van der Waals surface area contributed by atoms with Crippen molar-refractivity contribution in [1.29, 1.82) is 0 Å². The van der Waals surface area contributed by atoms with Crippen molar-refractivity contribution in [2.75, 3.05) is 7.11 Å². The monoisotopic (exact) mass is 409 g/mol. The SMILES string of the molecule is CCn1c(SCc2cc(=O)oc3cc(O)ccc23)nnc1-c1ccccc1OC. The maximum absolute atomic E-state index is 11.9. The third-order valence-corrected chi connectivity index (χ3v) is 5.57. The van der Waals surface area contributed by atoms with Crippen molar-refractivity contribution < 1.29 is 14.3 Å². The molecular formula is C21H19N3O4S. The maximum Gasteiger partial charge on any atom is 0.336 e. The Labute approximate surface area is 171 Å². The van der Waals surface area contributed by atoms with E-state index in [-0.39, 0.29) is 5.75 Å². The van der Waals surface area contributed by atoms with Gasteiger partial charge in [-0.3, -0.25) is 0 Å². The minimum absolute atomic E-state index is 0.0534. The summed E-state index contributed by atoms with van der Waals surface area (Å²) in [5, 5.41) is 19.9. The molecule has 0 saturated carbocycles. The lowest BCUT2D eigenvalue weighted by Gasteiger charge is -2.10. The summed E-state index contributed by atoms with van der Waals surface area (Å²) < 4.78 is 12.7. The third-order valence-electron chi connectivity index (χ3n) is 4.55. The molecule has 0 amide bonds. The summed E-state index contributed by atoms with van der Waals surface area (Å²) >= 11 is 1.49. The Hall–Kier alpha value is -3.26. The van der Waals surface area contributed by atoms with Crippen LogP contribution in [-0.2, 0) is 12.3 Å². The Morgan fingerprint density at radius 3 is 2.79 bits per heavy atom. The van der Waals surface area contributed by atoms with Crippen molar-refractivity contribution in [3.63, 3.8) is 0 Å². The fourth-order valence-corrected chi connectivity index (χ4v) is 4.18. The molecule has 2 heterocycles. The fourth-order valence-electron chi connectivity index (χ4n) is 3.19. The molecule has 0 aliphatic carbocycles. The molecule has 0 radical (unpaired) electrons. The number of aromatic hydroxyl groups is 1. The minimum Gasteiger partial charge on any atom is -0.508 e. The topological polar surface area (TPSA) is 90.4 Å². The molecule has 8 heteroatoms. The van der Waals surface area contributed by atoms with Crippen LogP contribution in [0.4, 0.5) is 0 Å². The normalized spacial score (nSPS) is 11.1. The van der Waals surface area contributed by atoms with Crippen LogP contribution in [0.15, 0.2) is 62.9 Å². The average Bonchev–Trinajstić information content (AvgIpc) is 3.14. The van der Waals surface area contributed by atoms with Gasteiger partial charge in [-0.25, -0.2) is 4.79 Å². The summed E-state index contributed by atoms with van der Waals surface area (Å²) in [6.07, 6.45) is 0. The maximum atomic E-state index is 11.9. The van der Waals surface area contributed by atoms with Gasteiger partial charge in [0.05, 0.1) is 12.7 Å². The summed E-state index contributed by atoms with van der Waals surface area (Å²) in [6.45, 7) is 2.72. The fraction of sp³-hybridized carbons (Fsp3) is 0.190. The summed E-state index contributed by atoms with van der Waals surface area (Å²) in [5.41, 5.74) is 1.59. The molecule has 2 aromatic carbocycles. The van der Waals surface area contributed by atoms with Crippen LogP contribution in [0.3, 0.4) is 0 Å². The molecule has 4 aromatic rings. The highest BCUT2D eigenvalue weighted by atomic mass is 32.2. The number of nitrogens with zero attached hydrogens (tertiary/aromatic N) is 3. The second-order valence-corrected chi connectivity index (χ2v) is 7.25. The third kappa shape index (κ3) is 3.71. The minimum atomic E-state index is -0.453. The highest BCUT2D eigenvalue weighted by Gasteiger charge is 2.17. The highest BCUT2D eigenvalue weighted by Crippen LogP contribution is 2.32. The number of fused-ring (bicyclic) bond motifs is 1. The Kier molecular flexibility index (Phi) is 5.26. The van der Waals surface area contributed by atoms with E-state index < -0.39 is 5.63 Å². The van der Waals surface area contributed by atoms with Crippen LogP contribution < -0.4 is 10.4 Å². The Bertz CT molecular complexity index is 1230. The van der Waals surface area contributed by atoms with Crippen molar-refractivity contribution >= 4 is 22.7 Å². The van der Waals surface area contributed by atoms with E-state index in [0.29, 0.717) is 17.9 Å². The quantitative estimate of drug-likeness (QED) is 0.379. The van der Waals surface area contributed by atoms with Gasteiger partial charge < -0.3 is 18.8 Å². The van der Waals surface area contributed by atoms with Crippen molar-refractivity contribution in [2.24, 2.45) is 0 Å². The average molecular weight is 409 g/mol. The number of phenols is 1. The second kappa shape index (κ2) is 8.00.